The van der Waals surface area contributed by atoms with Gasteiger partial charge in [0.1, 0.15) is 18.1 Å². The van der Waals surface area contributed by atoms with Crippen molar-refractivity contribution in [1.29, 1.82) is 0 Å². The van der Waals surface area contributed by atoms with E-state index in [9.17, 15) is 0 Å². The molecule has 0 saturated heterocycles. The topological polar surface area (TPSA) is 18.5 Å². The van der Waals surface area contributed by atoms with E-state index in [1.54, 1.807) is 0 Å². The molecule has 0 unspecified atom stereocenters. The highest BCUT2D eigenvalue weighted by atomic mass is 35.5. The molecule has 0 bridgehead atoms. The predicted molar refractivity (Wildman–Crippen MR) is 94.5 cm³/mol. The van der Waals surface area contributed by atoms with Gasteiger partial charge in [-0.15, -0.1) is 11.6 Å². The molecule has 120 valence electrons. The Kier molecular flexibility index (Phi) is 6.85. The fourth-order valence-corrected chi connectivity index (χ4v) is 2.69. The van der Waals surface area contributed by atoms with E-state index < -0.39 is 0 Å². The van der Waals surface area contributed by atoms with Crippen LogP contribution in [0.3, 0.4) is 0 Å². The molecular weight excluding hydrogens is 296 g/mol. The van der Waals surface area contributed by atoms with Gasteiger partial charge in [-0.05, 0) is 25.0 Å². The molecule has 3 heteroatoms. The Hall–Kier alpha value is -1.41. The molecule has 0 fully saturated rings. The third-order valence-electron chi connectivity index (χ3n) is 3.72. The second-order valence-electron chi connectivity index (χ2n) is 5.51. The van der Waals surface area contributed by atoms with Crippen LogP contribution in [0.5, 0.6) is 11.5 Å². The minimum Gasteiger partial charge on any atom is -0.493 e. The van der Waals surface area contributed by atoms with E-state index in [4.69, 9.17) is 21.1 Å². The molecular formula is C19H25ClO2. The highest BCUT2D eigenvalue weighted by Gasteiger charge is 2.11. The lowest BCUT2D eigenvalue weighted by atomic mass is 10.0. The first-order chi connectivity index (χ1) is 10.8. The summed E-state index contributed by atoms with van der Waals surface area (Å²) in [5.74, 6) is 2.35. The lowest BCUT2D eigenvalue weighted by Gasteiger charge is -2.16. The first kappa shape index (κ1) is 17.0. The van der Waals surface area contributed by atoms with E-state index in [0.29, 0.717) is 12.5 Å². The molecule has 0 radical (unpaired) electrons. The second kappa shape index (κ2) is 8.89. The average molecular weight is 321 g/mol. The van der Waals surface area contributed by atoms with Gasteiger partial charge in [0.15, 0.2) is 0 Å². The van der Waals surface area contributed by atoms with Gasteiger partial charge in [-0.1, -0.05) is 50.5 Å². The fourth-order valence-electron chi connectivity index (χ4n) is 2.61. The predicted octanol–water partition coefficient (Wildman–Crippen LogP) is 5.72. The number of rotatable bonds is 9. The molecule has 0 N–H and O–H groups in total. The molecule has 0 saturated carbocycles. The molecule has 0 aliphatic heterocycles. The minimum absolute atomic E-state index is 0.489. The number of hydrogen-bond acceptors (Lipinski definition) is 2. The smallest absolute Gasteiger partial charge is 0.130 e. The average Bonchev–Trinajstić information content (AvgIpc) is 2.54. The molecule has 2 aromatic rings. The van der Waals surface area contributed by atoms with Gasteiger partial charge < -0.3 is 9.47 Å². The number of aryl methyl sites for hydroxylation is 1. The third kappa shape index (κ3) is 4.30. The zero-order valence-electron chi connectivity index (χ0n) is 13.5. The summed E-state index contributed by atoms with van der Waals surface area (Å²) in [5, 5.41) is 2.20. The highest BCUT2D eigenvalue weighted by molar-refractivity contribution is 6.18. The molecule has 0 spiro atoms. The summed E-state index contributed by atoms with van der Waals surface area (Å²) in [6.07, 6.45) is 4.85. The standard InChI is InChI=1S/C19H25ClO2/c1-3-4-5-8-12-22-19-15(2)14-18(21-13-11-20)16-9-6-7-10-17(16)19/h6-7,9-10,14H,3-5,8,11-13H2,1-2H3. The maximum Gasteiger partial charge on any atom is 0.130 e. The van der Waals surface area contributed by atoms with Crippen molar-refractivity contribution in [3.63, 3.8) is 0 Å². The van der Waals surface area contributed by atoms with Crippen molar-refractivity contribution in [2.24, 2.45) is 0 Å². The van der Waals surface area contributed by atoms with E-state index in [1.165, 1.54) is 19.3 Å². The number of ether oxygens (including phenoxy) is 2. The van der Waals surface area contributed by atoms with Gasteiger partial charge >= 0.3 is 0 Å². The van der Waals surface area contributed by atoms with Crippen molar-refractivity contribution in [3.8, 4) is 11.5 Å². The molecule has 2 aromatic carbocycles. The fraction of sp³-hybridized carbons (Fsp3) is 0.474. The maximum atomic E-state index is 6.07. The van der Waals surface area contributed by atoms with Crippen LogP contribution in [0.2, 0.25) is 0 Å². The monoisotopic (exact) mass is 320 g/mol. The van der Waals surface area contributed by atoms with Crippen molar-refractivity contribution >= 4 is 22.4 Å². The summed E-state index contributed by atoms with van der Waals surface area (Å²) in [7, 11) is 0. The van der Waals surface area contributed by atoms with Crippen molar-refractivity contribution < 1.29 is 9.47 Å². The molecule has 22 heavy (non-hydrogen) atoms. The van der Waals surface area contributed by atoms with Crippen LogP contribution in [0, 0.1) is 6.92 Å². The van der Waals surface area contributed by atoms with Gasteiger partial charge in [-0.25, -0.2) is 0 Å². The molecule has 0 atom stereocenters. The Morgan fingerprint density at radius 2 is 1.73 bits per heavy atom. The summed E-state index contributed by atoms with van der Waals surface area (Å²) in [5.41, 5.74) is 1.11. The molecule has 0 aliphatic carbocycles. The van der Waals surface area contributed by atoms with Crippen LogP contribution in [-0.2, 0) is 0 Å². The first-order valence-corrected chi connectivity index (χ1v) is 8.65. The van der Waals surface area contributed by atoms with Crippen LogP contribution in [0.15, 0.2) is 30.3 Å². The summed E-state index contributed by atoms with van der Waals surface area (Å²) < 4.78 is 11.8. The Balaban J connectivity index is 2.21. The van der Waals surface area contributed by atoms with Crippen molar-refractivity contribution in [3.05, 3.63) is 35.9 Å². The highest BCUT2D eigenvalue weighted by Crippen LogP contribution is 2.36. The van der Waals surface area contributed by atoms with Gasteiger partial charge in [0.25, 0.3) is 0 Å². The number of benzene rings is 2. The summed E-state index contributed by atoms with van der Waals surface area (Å²) >= 11 is 5.73. The van der Waals surface area contributed by atoms with Gasteiger partial charge in [0.05, 0.1) is 12.5 Å². The molecule has 0 aromatic heterocycles. The number of hydrogen-bond donors (Lipinski definition) is 0. The normalized spacial score (nSPS) is 10.9. The van der Waals surface area contributed by atoms with Crippen LogP contribution in [0.25, 0.3) is 10.8 Å². The van der Waals surface area contributed by atoms with E-state index in [2.05, 4.69) is 32.0 Å². The van der Waals surface area contributed by atoms with Crippen LogP contribution in [0.4, 0.5) is 0 Å². The third-order valence-corrected chi connectivity index (χ3v) is 3.88. The Morgan fingerprint density at radius 3 is 2.45 bits per heavy atom. The van der Waals surface area contributed by atoms with E-state index in [-0.39, 0.29) is 0 Å². The second-order valence-corrected chi connectivity index (χ2v) is 5.89. The van der Waals surface area contributed by atoms with Crippen molar-refractivity contribution in [2.45, 2.75) is 39.5 Å². The Bertz CT molecular complexity index is 595. The van der Waals surface area contributed by atoms with E-state index in [0.717, 1.165) is 40.9 Å². The quantitative estimate of drug-likeness (QED) is 0.434. The van der Waals surface area contributed by atoms with Crippen LogP contribution in [-0.4, -0.2) is 19.1 Å². The van der Waals surface area contributed by atoms with Gasteiger partial charge in [-0.2, -0.15) is 0 Å². The zero-order valence-corrected chi connectivity index (χ0v) is 14.3. The lowest BCUT2D eigenvalue weighted by molar-refractivity contribution is 0.305. The Morgan fingerprint density at radius 1 is 0.955 bits per heavy atom. The minimum atomic E-state index is 0.489. The summed E-state index contributed by atoms with van der Waals surface area (Å²) in [4.78, 5) is 0. The zero-order chi connectivity index (χ0) is 15.8. The number of unbranched alkanes of at least 4 members (excludes halogenated alkanes) is 3. The van der Waals surface area contributed by atoms with Crippen molar-refractivity contribution in [2.75, 3.05) is 19.1 Å². The van der Waals surface area contributed by atoms with Gasteiger partial charge in [-0.3, -0.25) is 0 Å². The largest absolute Gasteiger partial charge is 0.493 e. The summed E-state index contributed by atoms with van der Waals surface area (Å²) in [6, 6.07) is 10.3. The molecule has 0 amide bonds. The SMILES string of the molecule is CCCCCCOc1c(C)cc(OCCCl)c2ccccc12. The number of fused-ring (bicyclic) bond motifs is 1. The van der Waals surface area contributed by atoms with Gasteiger partial charge in [0.2, 0.25) is 0 Å². The number of halogens is 1. The first-order valence-electron chi connectivity index (χ1n) is 8.11. The van der Waals surface area contributed by atoms with Crippen LogP contribution in [0.1, 0.15) is 38.2 Å². The van der Waals surface area contributed by atoms with Gasteiger partial charge in [0, 0.05) is 10.8 Å². The van der Waals surface area contributed by atoms with Crippen LogP contribution >= 0.6 is 11.6 Å². The molecule has 2 nitrogen and oxygen atoms in total. The molecule has 0 heterocycles. The summed E-state index contributed by atoms with van der Waals surface area (Å²) in [6.45, 7) is 5.58. The Labute approximate surface area is 138 Å². The van der Waals surface area contributed by atoms with Crippen molar-refractivity contribution in [1.82, 2.24) is 0 Å². The number of alkyl halides is 1. The van der Waals surface area contributed by atoms with E-state index in [1.807, 2.05) is 12.1 Å². The molecule has 2 rings (SSSR count). The molecule has 0 aliphatic rings. The maximum absolute atomic E-state index is 6.07. The van der Waals surface area contributed by atoms with Crippen LogP contribution < -0.4 is 9.47 Å². The van der Waals surface area contributed by atoms with E-state index >= 15 is 0 Å². The lowest BCUT2D eigenvalue weighted by Crippen LogP contribution is -2.02.